The summed E-state index contributed by atoms with van der Waals surface area (Å²) in [7, 11) is 0. The molecule has 0 spiro atoms. The Morgan fingerprint density at radius 2 is 1.93 bits per heavy atom. The van der Waals surface area contributed by atoms with Gasteiger partial charge in [0.15, 0.2) is 0 Å². The smallest absolute Gasteiger partial charge is 0.0367 e. The van der Waals surface area contributed by atoms with Crippen LogP contribution >= 0.6 is 0 Å². The van der Waals surface area contributed by atoms with Crippen molar-refractivity contribution in [2.24, 2.45) is 5.92 Å². The van der Waals surface area contributed by atoms with Crippen LogP contribution in [0.4, 0.5) is 5.69 Å². The van der Waals surface area contributed by atoms with Crippen LogP contribution in [0.2, 0.25) is 0 Å². The van der Waals surface area contributed by atoms with Crippen LogP contribution in [-0.4, -0.2) is 25.7 Å². The van der Waals surface area contributed by atoms with Crippen LogP contribution in [0.25, 0.3) is 0 Å². The monoisotopic (exact) mass is 202 g/mol. The van der Waals surface area contributed by atoms with Gasteiger partial charge in [-0.25, -0.2) is 0 Å². The van der Waals surface area contributed by atoms with Gasteiger partial charge in [0, 0.05) is 31.4 Å². The second kappa shape index (κ2) is 3.86. The molecule has 1 aromatic rings. The Hall–Kier alpha value is -1.02. The standard InChI is InChI=1S/C13H18N2/c1-2-4-12(5-3-1)15-9-8-14-13(10-15)11-6-7-11/h1-5,11,13-14H,6-10H2. The highest BCUT2D eigenvalue weighted by Crippen LogP contribution is 2.34. The summed E-state index contributed by atoms with van der Waals surface area (Å²) < 4.78 is 0. The fourth-order valence-electron chi connectivity index (χ4n) is 2.47. The molecule has 15 heavy (non-hydrogen) atoms. The average molecular weight is 202 g/mol. The third-order valence-corrected chi connectivity index (χ3v) is 3.52. The molecular weight excluding hydrogens is 184 g/mol. The number of rotatable bonds is 2. The second-order valence-electron chi connectivity index (χ2n) is 4.68. The van der Waals surface area contributed by atoms with Gasteiger partial charge in [0.1, 0.15) is 0 Å². The van der Waals surface area contributed by atoms with Crippen LogP contribution in [-0.2, 0) is 0 Å². The first-order valence-electron chi connectivity index (χ1n) is 5.97. The minimum absolute atomic E-state index is 0.735. The molecule has 2 aliphatic rings. The lowest BCUT2D eigenvalue weighted by molar-refractivity contribution is 0.419. The first kappa shape index (κ1) is 9.22. The van der Waals surface area contributed by atoms with Gasteiger partial charge in [-0.05, 0) is 30.9 Å². The predicted octanol–water partition coefficient (Wildman–Crippen LogP) is 1.87. The molecule has 2 nitrogen and oxygen atoms in total. The highest BCUT2D eigenvalue weighted by Gasteiger charge is 2.33. The molecule has 3 rings (SSSR count). The molecule has 1 aliphatic carbocycles. The van der Waals surface area contributed by atoms with Gasteiger partial charge < -0.3 is 10.2 Å². The van der Waals surface area contributed by atoms with Crippen LogP contribution in [0, 0.1) is 5.92 Å². The number of para-hydroxylation sites is 1. The Morgan fingerprint density at radius 3 is 2.67 bits per heavy atom. The highest BCUT2D eigenvalue weighted by molar-refractivity contribution is 5.46. The number of hydrogen-bond acceptors (Lipinski definition) is 2. The number of anilines is 1. The van der Waals surface area contributed by atoms with E-state index in [0.717, 1.165) is 25.0 Å². The molecule has 1 atom stereocenters. The van der Waals surface area contributed by atoms with E-state index in [4.69, 9.17) is 0 Å². The van der Waals surface area contributed by atoms with E-state index in [2.05, 4.69) is 40.5 Å². The van der Waals surface area contributed by atoms with Crippen LogP contribution in [0.3, 0.4) is 0 Å². The Kier molecular flexibility index (Phi) is 2.37. The zero-order chi connectivity index (χ0) is 10.1. The fraction of sp³-hybridized carbons (Fsp3) is 0.538. The van der Waals surface area contributed by atoms with Crippen LogP contribution in [0.15, 0.2) is 30.3 Å². The molecule has 1 unspecified atom stereocenters. The molecule has 2 heteroatoms. The van der Waals surface area contributed by atoms with Crippen molar-refractivity contribution in [2.75, 3.05) is 24.5 Å². The maximum atomic E-state index is 3.64. The van der Waals surface area contributed by atoms with Crippen molar-refractivity contribution in [1.29, 1.82) is 0 Å². The zero-order valence-corrected chi connectivity index (χ0v) is 9.02. The molecule has 1 saturated carbocycles. The van der Waals surface area contributed by atoms with Crippen molar-refractivity contribution in [3.8, 4) is 0 Å². The van der Waals surface area contributed by atoms with E-state index in [1.54, 1.807) is 0 Å². The first-order valence-corrected chi connectivity index (χ1v) is 5.97. The second-order valence-corrected chi connectivity index (χ2v) is 4.68. The summed E-state index contributed by atoms with van der Waals surface area (Å²) in [5.74, 6) is 0.955. The van der Waals surface area contributed by atoms with E-state index in [0.29, 0.717) is 0 Å². The summed E-state index contributed by atoms with van der Waals surface area (Å²) >= 11 is 0. The number of nitrogens with zero attached hydrogens (tertiary/aromatic N) is 1. The van der Waals surface area contributed by atoms with E-state index in [1.165, 1.54) is 25.1 Å². The summed E-state index contributed by atoms with van der Waals surface area (Å²) in [5, 5.41) is 3.64. The Balaban J connectivity index is 1.70. The first-order chi connectivity index (χ1) is 7.43. The van der Waals surface area contributed by atoms with E-state index < -0.39 is 0 Å². The third-order valence-electron chi connectivity index (χ3n) is 3.52. The number of piperazine rings is 1. The molecule has 0 bridgehead atoms. The fourth-order valence-corrected chi connectivity index (χ4v) is 2.47. The molecule has 0 amide bonds. The van der Waals surface area contributed by atoms with Gasteiger partial charge >= 0.3 is 0 Å². The van der Waals surface area contributed by atoms with Crippen molar-refractivity contribution in [1.82, 2.24) is 5.32 Å². The summed E-state index contributed by atoms with van der Waals surface area (Å²) in [6, 6.07) is 11.5. The van der Waals surface area contributed by atoms with Crippen LogP contribution < -0.4 is 10.2 Å². The molecular formula is C13H18N2. The molecule has 1 saturated heterocycles. The van der Waals surface area contributed by atoms with E-state index in [-0.39, 0.29) is 0 Å². The van der Waals surface area contributed by atoms with E-state index in [1.807, 2.05) is 0 Å². The van der Waals surface area contributed by atoms with Crippen molar-refractivity contribution in [3.63, 3.8) is 0 Å². The highest BCUT2D eigenvalue weighted by atomic mass is 15.2. The zero-order valence-electron chi connectivity index (χ0n) is 9.02. The lowest BCUT2D eigenvalue weighted by Crippen LogP contribution is -2.51. The average Bonchev–Trinajstić information content (AvgIpc) is 3.14. The molecule has 1 aromatic carbocycles. The van der Waals surface area contributed by atoms with Gasteiger partial charge in [-0.15, -0.1) is 0 Å². The largest absolute Gasteiger partial charge is 0.369 e. The van der Waals surface area contributed by atoms with Gasteiger partial charge in [-0.2, -0.15) is 0 Å². The summed E-state index contributed by atoms with van der Waals surface area (Å²) in [6.07, 6.45) is 2.86. The van der Waals surface area contributed by atoms with Crippen molar-refractivity contribution in [2.45, 2.75) is 18.9 Å². The van der Waals surface area contributed by atoms with Gasteiger partial charge in [0.05, 0.1) is 0 Å². The number of hydrogen-bond donors (Lipinski definition) is 1. The molecule has 0 aromatic heterocycles. The Bertz CT molecular complexity index is 319. The maximum absolute atomic E-state index is 3.64. The Labute approximate surface area is 91.3 Å². The third kappa shape index (κ3) is 2.00. The van der Waals surface area contributed by atoms with Gasteiger partial charge in [-0.1, -0.05) is 18.2 Å². The Morgan fingerprint density at radius 1 is 1.13 bits per heavy atom. The van der Waals surface area contributed by atoms with Gasteiger partial charge in [-0.3, -0.25) is 0 Å². The topological polar surface area (TPSA) is 15.3 Å². The summed E-state index contributed by atoms with van der Waals surface area (Å²) in [5.41, 5.74) is 1.38. The lowest BCUT2D eigenvalue weighted by Gasteiger charge is -2.35. The maximum Gasteiger partial charge on any atom is 0.0367 e. The summed E-state index contributed by atoms with van der Waals surface area (Å²) in [6.45, 7) is 3.47. The number of nitrogens with one attached hydrogen (secondary N) is 1. The van der Waals surface area contributed by atoms with Crippen molar-refractivity contribution in [3.05, 3.63) is 30.3 Å². The van der Waals surface area contributed by atoms with Crippen LogP contribution in [0.5, 0.6) is 0 Å². The summed E-state index contributed by atoms with van der Waals surface area (Å²) in [4.78, 5) is 2.51. The van der Waals surface area contributed by atoms with Crippen LogP contribution in [0.1, 0.15) is 12.8 Å². The van der Waals surface area contributed by atoms with Crippen molar-refractivity contribution >= 4 is 5.69 Å². The molecule has 1 N–H and O–H groups in total. The van der Waals surface area contributed by atoms with Gasteiger partial charge in [0.2, 0.25) is 0 Å². The lowest BCUT2D eigenvalue weighted by atomic mass is 10.1. The predicted molar refractivity (Wildman–Crippen MR) is 63.2 cm³/mol. The van der Waals surface area contributed by atoms with E-state index >= 15 is 0 Å². The number of benzene rings is 1. The molecule has 80 valence electrons. The SMILES string of the molecule is c1ccc(N2CCNC(C3CC3)C2)cc1. The molecule has 1 aliphatic heterocycles. The molecule has 1 heterocycles. The quantitative estimate of drug-likeness (QED) is 0.787. The minimum Gasteiger partial charge on any atom is -0.369 e. The van der Waals surface area contributed by atoms with Gasteiger partial charge in [0.25, 0.3) is 0 Å². The van der Waals surface area contributed by atoms with Crippen molar-refractivity contribution < 1.29 is 0 Å². The molecule has 0 radical (unpaired) electrons. The van der Waals surface area contributed by atoms with E-state index in [9.17, 15) is 0 Å². The normalized spacial score (nSPS) is 26.7. The molecule has 2 fully saturated rings. The minimum atomic E-state index is 0.735.